The summed E-state index contributed by atoms with van der Waals surface area (Å²) >= 11 is 9.21. The van der Waals surface area contributed by atoms with Gasteiger partial charge >= 0.3 is 0 Å². The summed E-state index contributed by atoms with van der Waals surface area (Å²) in [4.78, 5) is 8.31. The number of anilines is 1. The maximum Gasteiger partial charge on any atom is 0.230 e. The lowest BCUT2D eigenvalue weighted by Gasteiger charge is -2.01. The summed E-state index contributed by atoms with van der Waals surface area (Å²) in [6.45, 7) is 0. The van der Waals surface area contributed by atoms with Gasteiger partial charge in [-0.3, -0.25) is 0 Å². The zero-order valence-corrected chi connectivity index (χ0v) is 12.5. The highest BCUT2D eigenvalue weighted by Crippen LogP contribution is 2.30. The summed E-state index contributed by atoms with van der Waals surface area (Å²) < 4.78 is 6.55. The van der Waals surface area contributed by atoms with Crippen LogP contribution in [-0.4, -0.2) is 9.97 Å². The normalized spacial score (nSPS) is 10.7. The Bertz CT molecular complexity index is 755. The summed E-state index contributed by atoms with van der Waals surface area (Å²) in [5.41, 5.74) is 7.39. The molecule has 3 aromatic rings. The van der Waals surface area contributed by atoms with Crippen molar-refractivity contribution >= 4 is 33.3 Å². The number of hydrogen-bond donors (Lipinski definition) is 1. The minimum atomic E-state index is 0.373. The molecule has 100 valence electrons. The maximum atomic E-state index is 5.86. The lowest BCUT2D eigenvalue weighted by atomic mass is 10.2. The quantitative estimate of drug-likeness (QED) is 0.744. The molecule has 0 bridgehead atoms. The molecule has 6 heteroatoms. The number of nitrogens with two attached hydrogens (primary N) is 1. The van der Waals surface area contributed by atoms with Crippen LogP contribution < -0.4 is 5.73 Å². The molecular formula is C14H9BrClN3O. The first kappa shape index (κ1) is 13.1. The van der Waals surface area contributed by atoms with Crippen molar-refractivity contribution in [1.82, 2.24) is 9.97 Å². The molecule has 2 N–H and O–H groups in total. The summed E-state index contributed by atoms with van der Waals surface area (Å²) in [5.74, 6) is 1.45. The van der Waals surface area contributed by atoms with E-state index in [-0.39, 0.29) is 0 Å². The number of halogens is 2. The van der Waals surface area contributed by atoms with E-state index in [1.807, 2.05) is 18.2 Å². The molecule has 0 saturated carbocycles. The van der Waals surface area contributed by atoms with Crippen molar-refractivity contribution in [3.05, 3.63) is 52.2 Å². The summed E-state index contributed by atoms with van der Waals surface area (Å²) in [6.07, 6.45) is 3.28. The first-order chi connectivity index (χ1) is 9.63. The number of nitrogen functional groups attached to an aromatic ring is 1. The zero-order valence-electron chi connectivity index (χ0n) is 10.2. The maximum absolute atomic E-state index is 5.86. The van der Waals surface area contributed by atoms with Gasteiger partial charge in [0.15, 0.2) is 5.76 Å². The Balaban J connectivity index is 2.01. The van der Waals surface area contributed by atoms with Crippen molar-refractivity contribution in [3.63, 3.8) is 0 Å². The molecule has 0 aliphatic carbocycles. The van der Waals surface area contributed by atoms with Gasteiger partial charge in [-0.2, -0.15) is 0 Å². The van der Waals surface area contributed by atoms with Gasteiger partial charge < -0.3 is 10.2 Å². The molecule has 20 heavy (non-hydrogen) atoms. The van der Waals surface area contributed by atoms with Crippen LogP contribution in [0.5, 0.6) is 0 Å². The topological polar surface area (TPSA) is 64.9 Å². The summed E-state index contributed by atoms with van der Waals surface area (Å²) in [7, 11) is 0. The lowest BCUT2D eigenvalue weighted by Crippen LogP contribution is -1.93. The van der Waals surface area contributed by atoms with Gasteiger partial charge in [-0.1, -0.05) is 11.6 Å². The van der Waals surface area contributed by atoms with Crippen LogP contribution in [0.25, 0.3) is 22.8 Å². The number of hydrogen-bond acceptors (Lipinski definition) is 4. The third kappa shape index (κ3) is 2.55. The number of nitrogens with zero attached hydrogens (tertiary/aromatic N) is 2. The Morgan fingerprint density at radius 2 is 1.85 bits per heavy atom. The van der Waals surface area contributed by atoms with Crippen molar-refractivity contribution in [2.24, 2.45) is 0 Å². The third-order valence-corrected chi connectivity index (χ3v) is 3.44. The van der Waals surface area contributed by atoms with Gasteiger partial charge in [0.1, 0.15) is 5.82 Å². The van der Waals surface area contributed by atoms with Gasteiger partial charge in [0.05, 0.1) is 11.8 Å². The highest BCUT2D eigenvalue weighted by atomic mass is 79.9. The van der Waals surface area contributed by atoms with E-state index >= 15 is 0 Å². The van der Waals surface area contributed by atoms with E-state index < -0.39 is 0 Å². The van der Waals surface area contributed by atoms with Crippen LogP contribution in [0.4, 0.5) is 5.82 Å². The highest BCUT2D eigenvalue weighted by molar-refractivity contribution is 9.10. The van der Waals surface area contributed by atoms with Crippen LogP contribution >= 0.6 is 27.5 Å². The summed E-state index contributed by atoms with van der Waals surface area (Å²) in [5, 5.41) is 0.675. The van der Waals surface area contributed by atoms with Gasteiger partial charge in [-0.25, -0.2) is 9.97 Å². The van der Waals surface area contributed by atoms with Gasteiger partial charge in [0.25, 0.3) is 0 Å². The molecule has 0 aliphatic heterocycles. The van der Waals surface area contributed by atoms with Crippen molar-refractivity contribution in [3.8, 4) is 22.8 Å². The first-order valence-electron chi connectivity index (χ1n) is 5.76. The lowest BCUT2D eigenvalue weighted by molar-refractivity contribution is 0.589. The van der Waals surface area contributed by atoms with E-state index in [2.05, 4.69) is 25.9 Å². The molecule has 0 amide bonds. The standard InChI is InChI=1S/C14H9BrClN3O/c15-9-5-11(13(17)18-6-9)14-19-7-12(20-14)8-1-3-10(16)4-2-8/h1-7H,(H2,17,18). The van der Waals surface area contributed by atoms with E-state index in [0.29, 0.717) is 28.1 Å². The molecule has 2 aromatic heterocycles. The van der Waals surface area contributed by atoms with E-state index in [1.54, 1.807) is 24.5 Å². The zero-order chi connectivity index (χ0) is 14.1. The molecule has 0 radical (unpaired) electrons. The number of aromatic nitrogens is 2. The second-order valence-electron chi connectivity index (χ2n) is 4.12. The fourth-order valence-corrected chi connectivity index (χ4v) is 2.22. The average Bonchev–Trinajstić information content (AvgIpc) is 2.92. The van der Waals surface area contributed by atoms with E-state index in [1.165, 1.54) is 0 Å². The van der Waals surface area contributed by atoms with Crippen LogP contribution in [0.1, 0.15) is 0 Å². The second kappa shape index (κ2) is 5.26. The molecule has 0 atom stereocenters. The molecule has 1 aromatic carbocycles. The number of pyridine rings is 1. The Kier molecular flexibility index (Phi) is 3.46. The van der Waals surface area contributed by atoms with Crippen molar-refractivity contribution in [1.29, 1.82) is 0 Å². The molecule has 2 heterocycles. The Morgan fingerprint density at radius 1 is 1.10 bits per heavy atom. The van der Waals surface area contributed by atoms with Crippen molar-refractivity contribution in [2.45, 2.75) is 0 Å². The van der Waals surface area contributed by atoms with Crippen LogP contribution in [0.3, 0.4) is 0 Å². The Morgan fingerprint density at radius 3 is 2.60 bits per heavy atom. The van der Waals surface area contributed by atoms with Crippen molar-refractivity contribution < 1.29 is 4.42 Å². The Hall–Kier alpha value is -1.85. The smallest absolute Gasteiger partial charge is 0.230 e. The number of benzene rings is 1. The molecule has 0 spiro atoms. The van der Waals surface area contributed by atoms with Gasteiger partial charge in [-0.15, -0.1) is 0 Å². The monoisotopic (exact) mass is 349 g/mol. The molecule has 0 aliphatic rings. The molecule has 4 nitrogen and oxygen atoms in total. The van der Waals surface area contributed by atoms with E-state index in [4.69, 9.17) is 21.8 Å². The van der Waals surface area contributed by atoms with Crippen LogP contribution in [0, 0.1) is 0 Å². The predicted molar refractivity (Wildman–Crippen MR) is 82.3 cm³/mol. The SMILES string of the molecule is Nc1ncc(Br)cc1-c1ncc(-c2ccc(Cl)cc2)o1. The third-order valence-electron chi connectivity index (χ3n) is 2.75. The van der Waals surface area contributed by atoms with Crippen LogP contribution in [0.2, 0.25) is 5.02 Å². The minimum Gasteiger partial charge on any atom is -0.436 e. The largest absolute Gasteiger partial charge is 0.436 e. The molecule has 0 saturated heterocycles. The van der Waals surface area contributed by atoms with Gasteiger partial charge in [0, 0.05) is 21.3 Å². The number of oxazole rings is 1. The fraction of sp³-hybridized carbons (Fsp3) is 0. The number of rotatable bonds is 2. The van der Waals surface area contributed by atoms with E-state index in [9.17, 15) is 0 Å². The predicted octanol–water partition coefficient (Wildman–Crippen LogP) is 4.40. The first-order valence-corrected chi connectivity index (χ1v) is 6.94. The molecule has 0 fully saturated rings. The average molecular weight is 351 g/mol. The molecule has 3 rings (SSSR count). The molecule has 0 unspecified atom stereocenters. The van der Waals surface area contributed by atoms with Crippen molar-refractivity contribution in [2.75, 3.05) is 5.73 Å². The van der Waals surface area contributed by atoms with Gasteiger partial charge in [0.2, 0.25) is 5.89 Å². The molecular weight excluding hydrogens is 342 g/mol. The second-order valence-corrected chi connectivity index (χ2v) is 5.48. The minimum absolute atomic E-state index is 0.373. The fourth-order valence-electron chi connectivity index (χ4n) is 1.77. The van der Waals surface area contributed by atoms with Crippen LogP contribution in [0.15, 0.2) is 51.6 Å². The van der Waals surface area contributed by atoms with Gasteiger partial charge in [-0.05, 0) is 46.3 Å². The van der Waals surface area contributed by atoms with Crippen LogP contribution in [-0.2, 0) is 0 Å². The summed E-state index contributed by atoms with van der Waals surface area (Å²) in [6, 6.07) is 9.16. The Labute approximate surface area is 128 Å². The van der Waals surface area contributed by atoms with E-state index in [0.717, 1.165) is 10.0 Å². The highest BCUT2D eigenvalue weighted by Gasteiger charge is 2.12.